The number of rotatable bonds is 8. The molecule has 0 saturated carbocycles. The maximum atomic E-state index is 12.6. The van der Waals surface area contributed by atoms with Gasteiger partial charge in [0.05, 0.1) is 17.0 Å². The molecular weight excluding hydrogens is 371 g/mol. The summed E-state index contributed by atoms with van der Waals surface area (Å²) in [5.74, 6) is 0.129. The smallest absolute Gasteiger partial charge is 0.251 e. The first-order chi connectivity index (χ1) is 12.8. The van der Waals surface area contributed by atoms with E-state index in [4.69, 9.17) is 10.5 Å². The van der Waals surface area contributed by atoms with Crippen molar-refractivity contribution in [1.82, 2.24) is 4.57 Å². The van der Waals surface area contributed by atoms with Crippen molar-refractivity contribution in [2.24, 2.45) is 5.73 Å². The second kappa shape index (κ2) is 8.96. The molecule has 0 aliphatic heterocycles. The van der Waals surface area contributed by atoms with Gasteiger partial charge in [0.2, 0.25) is 0 Å². The van der Waals surface area contributed by atoms with Gasteiger partial charge in [-0.1, -0.05) is 0 Å². The molecule has 6 nitrogen and oxygen atoms in total. The number of nitrogens with two attached hydrogens (primary N) is 1. The van der Waals surface area contributed by atoms with E-state index >= 15 is 0 Å². The highest BCUT2D eigenvalue weighted by atomic mass is 32.2. The molecule has 146 valence electrons. The Morgan fingerprint density at radius 1 is 1.26 bits per heavy atom. The number of pyridine rings is 1. The Morgan fingerprint density at radius 2 is 1.93 bits per heavy atom. The highest BCUT2D eigenvalue weighted by Gasteiger charge is 2.16. The van der Waals surface area contributed by atoms with Gasteiger partial charge in [-0.25, -0.2) is 12.8 Å². The van der Waals surface area contributed by atoms with E-state index in [1.807, 2.05) is 13.8 Å². The van der Waals surface area contributed by atoms with Crippen LogP contribution >= 0.6 is 0 Å². The normalized spacial score (nSPS) is 12.4. The van der Waals surface area contributed by atoms with Gasteiger partial charge in [0, 0.05) is 30.4 Å². The second-order valence-electron chi connectivity index (χ2n) is 6.36. The summed E-state index contributed by atoms with van der Waals surface area (Å²) in [6, 6.07) is 8.80. The number of ether oxygens (including phenoxy) is 1. The van der Waals surface area contributed by atoms with Crippen molar-refractivity contribution < 1.29 is 17.5 Å². The molecule has 2 N–H and O–H groups in total. The van der Waals surface area contributed by atoms with Crippen LogP contribution < -0.4 is 16.0 Å². The SMILES string of the molecule is CC(C)n1ccc(CS(=O)(=O)c2ccc(OCC(=CF)CN)cc2)cc1=O. The van der Waals surface area contributed by atoms with Crippen LogP contribution in [0.4, 0.5) is 4.39 Å². The number of benzene rings is 1. The maximum Gasteiger partial charge on any atom is 0.251 e. The number of aromatic nitrogens is 1. The molecule has 1 aromatic heterocycles. The third kappa shape index (κ3) is 5.51. The third-order valence-corrected chi connectivity index (χ3v) is 5.65. The average molecular weight is 394 g/mol. The third-order valence-electron chi connectivity index (χ3n) is 3.95. The van der Waals surface area contributed by atoms with Gasteiger partial charge in [0.25, 0.3) is 5.56 Å². The van der Waals surface area contributed by atoms with Gasteiger partial charge in [0.1, 0.15) is 12.4 Å². The highest BCUT2D eigenvalue weighted by molar-refractivity contribution is 7.90. The lowest BCUT2D eigenvalue weighted by molar-refractivity contribution is 0.347. The number of nitrogens with zero attached hydrogens (tertiary/aromatic N) is 1. The van der Waals surface area contributed by atoms with Gasteiger partial charge in [-0.2, -0.15) is 0 Å². The van der Waals surface area contributed by atoms with Gasteiger partial charge in [0.15, 0.2) is 9.84 Å². The number of halogens is 1. The first kappa shape index (κ1) is 20.9. The summed E-state index contributed by atoms with van der Waals surface area (Å²) in [5.41, 5.74) is 5.83. The molecule has 0 atom stereocenters. The predicted molar refractivity (Wildman–Crippen MR) is 102 cm³/mol. The highest BCUT2D eigenvalue weighted by Crippen LogP contribution is 2.20. The quantitative estimate of drug-likeness (QED) is 0.743. The topological polar surface area (TPSA) is 91.4 Å². The van der Waals surface area contributed by atoms with Crippen LogP contribution in [0.5, 0.6) is 5.75 Å². The monoisotopic (exact) mass is 394 g/mol. The van der Waals surface area contributed by atoms with Crippen molar-refractivity contribution >= 4 is 9.84 Å². The number of hydrogen-bond acceptors (Lipinski definition) is 5. The minimum absolute atomic E-state index is 0.00253. The molecule has 0 radical (unpaired) electrons. The van der Waals surface area contributed by atoms with Gasteiger partial charge in [-0.15, -0.1) is 0 Å². The van der Waals surface area contributed by atoms with Gasteiger partial charge in [-0.05, 0) is 49.7 Å². The van der Waals surface area contributed by atoms with Crippen molar-refractivity contribution in [1.29, 1.82) is 0 Å². The van der Waals surface area contributed by atoms with Crippen LogP contribution in [0.15, 0.2) is 64.2 Å². The van der Waals surface area contributed by atoms with Gasteiger partial charge in [-0.3, -0.25) is 4.79 Å². The van der Waals surface area contributed by atoms with E-state index in [9.17, 15) is 17.6 Å². The van der Waals surface area contributed by atoms with Crippen LogP contribution in [0.25, 0.3) is 0 Å². The first-order valence-corrected chi connectivity index (χ1v) is 10.1. The molecule has 0 bridgehead atoms. The zero-order valence-corrected chi connectivity index (χ0v) is 16.1. The molecule has 2 aromatic rings. The van der Waals surface area contributed by atoms with Gasteiger partial charge >= 0.3 is 0 Å². The van der Waals surface area contributed by atoms with E-state index in [0.29, 0.717) is 23.2 Å². The summed E-state index contributed by atoms with van der Waals surface area (Å²) in [4.78, 5) is 12.2. The molecule has 0 aliphatic rings. The summed E-state index contributed by atoms with van der Waals surface area (Å²) in [5, 5.41) is 0. The Morgan fingerprint density at radius 3 is 2.44 bits per heavy atom. The molecule has 0 amide bonds. The van der Waals surface area contributed by atoms with E-state index in [0.717, 1.165) is 0 Å². The van der Waals surface area contributed by atoms with Crippen molar-refractivity contribution in [2.45, 2.75) is 30.5 Å². The van der Waals surface area contributed by atoms with Crippen LogP contribution in [0, 0.1) is 0 Å². The van der Waals surface area contributed by atoms with Crippen LogP contribution in [-0.4, -0.2) is 26.1 Å². The van der Waals surface area contributed by atoms with Crippen LogP contribution in [0.2, 0.25) is 0 Å². The Balaban J connectivity index is 2.12. The van der Waals surface area contributed by atoms with Crippen LogP contribution in [0.3, 0.4) is 0 Å². The maximum absolute atomic E-state index is 12.6. The van der Waals surface area contributed by atoms with E-state index in [2.05, 4.69) is 0 Å². The average Bonchev–Trinajstić information content (AvgIpc) is 2.62. The molecule has 1 heterocycles. The van der Waals surface area contributed by atoms with Crippen molar-refractivity contribution in [3.05, 3.63) is 70.4 Å². The molecule has 0 fully saturated rings. The predicted octanol–water partition coefficient (Wildman–Crippen LogP) is 2.59. The Hall–Kier alpha value is -2.45. The lowest BCUT2D eigenvalue weighted by atomic mass is 10.3. The van der Waals surface area contributed by atoms with Crippen molar-refractivity contribution in [3.63, 3.8) is 0 Å². The summed E-state index contributed by atoms with van der Waals surface area (Å²) in [6.07, 6.45) is 1.99. The molecule has 2 rings (SSSR count). The van der Waals surface area contributed by atoms with E-state index < -0.39 is 9.84 Å². The zero-order chi connectivity index (χ0) is 20.0. The molecule has 8 heteroatoms. The Bertz CT molecular complexity index is 964. The summed E-state index contributed by atoms with van der Waals surface area (Å²) < 4.78 is 44.5. The summed E-state index contributed by atoms with van der Waals surface area (Å²) in [7, 11) is -3.62. The van der Waals surface area contributed by atoms with Crippen LogP contribution in [0.1, 0.15) is 25.5 Å². The van der Waals surface area contributed by atoms with E-state index in [1.165, 1.54) is 34.9 Å². The number of hydrogen-bond donors (Lipinski definition) is 1. The molecule has 0 unspecified atom stereocenters. The van der Waals surface area contributed by atoms with Crippen molar-refractivity contribution in [2.75, 3.05) is 13.2 Å². The fourth-order valence-electron chi connectivity index (χ4n) is 2.40. The lowest BCUT2D eigenvalue weighted by Gasteiger charge is -2.11. The Kier molecular flexibility index (Phi) is 6.92. The second-order valence-corrected chi connectivity index (χ2v) is 8.35. The largest absolute Gasteiger partial charge is 0.489 e. The Labute approximate surface area is 158 Å². The fourth-order valence-corrected chi connectivity index (χ4v) is 3.74. The fraction of sp³-hybridized carbons (Fsp3) is 0.316. The zero-order valence-electron chi connectivity index (χ0n) is 15.3. The lowest BCUT2D eigenvalue weighted by Crippen LogP contribution is -2.21. The van der Waals surface area contributed by atoms with Crippen molar-refractivity contribution in [3.8, 4) is 5.75 Å². The molecule has 0 saturated heterocycles. The summed E-state index contributed by atoms with van der Waals surface area (Å²) in [6.45, 7) is 3.78. The number of sulfone groups is 1. The van der Waals surface area contributed by atoms with E-state index in [1.54, 1.807) is 12.3 Å². The van der Waals surface area contributed by atoms with E-state index in [-0.39, 0.29) is 35.4 Å². The molecule has 0 aliphatic carbocycles. The van der Waals surface area contributed by atoms with Crippen LogP contribution in [-0.2, 0) is 15.6 Å². The summed E-state index contributed by atoms with van der Waals surface area (Å²) >= 11 is 0. The molecule has 0 spiro atoms. The minimum atomic E-state index is -3.62. The first-order valence-electron chi connectivity index (χ1n) is 8.41. The van der Waals surface area contributed by atoms with Gasteiger partial charge < -0.3 is 15.0 Å². The molecular formula is C19H23FN2O4S. The minimum Gasteiger partial charge on any atom is -0.489 e. The standard InChI is InChI=1S/C19H23FN2O4S/c1-14(2)22-8-7-15(9-19(22)23)13-27(24,25)18-5-3-17(4-6-18)26-12-16(10-20)11-21/h3-10,14H,11-13,21H2,1-2H3. The molecule has 27 heavy (non-hydrogen) atoms. The molecule has 1 aromatic carbocycles.